The van der Waals surface area contributed by atoms with Crippen molar-refractivity contribution in [1.29, 1.82) is 0 Å². The van der Waals surface area contributed by atoms with Crippen molar-refractivity contribution >= 4 is 0 Å². The number of aromatic nitrogens is 2. The lowest BCUT2D eigenvalue weighted by Crippen LogP contribution is -2.01. The van der Waals surface area contributed by atoms with Crippen molar-refractivity contribution in [3.8, 4) is 11.5 Å². The topological polar surface area (TPSA) is 53.1 Å². The number of nitrogens with two attached hydrogens (primary N) is 1. The minimum absolute atomic E-state index is 0.476. The molecule has 0 aliphatic heterocycles. The lowest BCUT2D eigenvalue weighted by atomic mass is 10.1. The second-order valence-electron chi connectivity index (χ2n) is 3.89. The summed E-state index contributed by atoms with van der Waals surface area (Å²) < 4.78 is 7.63. The Balaban J connectivity index is 2.26. The van der Waals surface area contributed by atoms with Crippen LogP contribution in [0.4, 0.5) is 0 Å². The summed E-state index contributed by atoms with van der Waals surface area (Å²) in [6, 6.07) is 5.93. The molecule has 1 heterocycles. The van der Waals surface area contributed by atoms with Crippen LogP contribution in [0.15, 0.2) is 30.6 Å². The van der Waals surface area contributed by atoms with E-state index in [1.165, 1.54) is 0 Å². The maximum atomic E-state index is 5.80. The zero-order valence-corrected chi connectivity index (χ0v) is 10.2. The number of aryl methyl sites for hydroxylation is 2. The minimum atomic E-state index is 0.476. The molecule has 0 aliphatic rings. The van der Waals surface area contributed by atoms with Crippen LogP contribution >= 0.6 is 0 Å². The van der Waals surface area contributed by atoms with Gasteiger partial charge >= 0.3 is 0 Å². The average Bonchev–Trinajstić information content (AvgIpc) is 2.77. The van der Waals surface area contributed by atoms with Crippen LogP contribution in [0, 0.1) is 6.92 Å². The maximum Gasteiger partial charge on any atom is 0.165 e. The van der Waals surface area contributed by atoms with E-state index in [0.717, 1.165) is 29.2 Å². The molecule has 1 aromatic carbocycles. The Kier molecular flexibility index (Phi) is 3.44. The summed E-state index contributed by atoms with van der Waals surface area (Å²) in [4.78, 5) is 0. The number of hydrogen-bond donors (Lipinski definition) is 1. The SMILES string of the molecule is CCn1cc(Oc2cccc(C)c2CN)cn1. The zero-order valence-electron chi connectivity index (χ0n) is 10.2. The summed E-state index contributed by atoms with van der Waals surface area (Å²) in [5.74, 6) is 1.55. The number of rotatable bonds is 4. The Labute approximate surface area is 101 Å². The lowest BCUT2D eigenvalue weighted by Gasteiger charge is -2.10. The molecule has 0 bridgehead atoms. The third-order valence-corrected chi connectivity index (χ3v) is 2.73. The minimum Gasteiger partial charge on any atom is -0.454 e. The molecule has 2 N–H and O–H groups in total. The van der Waals surface area contributed by atoms with Crippen LogP contribution in [0.25, 0.3) is 0 Å². The zero-order chi connectivity index (χ0) is 12.3. The van der Waals surface area contributed by atoms with Crippen molar-refractivity contribution in [3.05, 3.63) is 41.7 Å². The molecule has 0 fully saturated rings. The smallest absolute Gasteiger partial charge is 0.165 e. The quantitative estimate of drug-likeness (QED) is 0.879. The van der Waals surface area contributed by atoms with Crippen LogP contribution in [-0.4, -0.2) is 9.78 Å². The van der Waals surface area contributed by atoms with Gasteiger partial charge in [0, 0.05) is 18.7 Å². The third-order valence-electron chi connectivity index (χ3n) is 2.73. The van der Waals surface area contributed by atoms with Gasteiger partial charge < -0.3 is 10.5 Å². The summed E-state index contributed by atoms with van der Waals surface area (Å²) in [5, 5.41) is 4.17. The lowest BCUT2D eigenvalue weighted by molar-refractivity contribution is 0.474. The molecule has 2 aromatic rings. The van der Waals surface area contributed by atoms with Crippen LogP contribution in [-0.2, 0) is 13.1 Å². The van der Waals surface area contributed by atoms with Crippen molar-refractivity contribution in [2.45, 2.75) is 26.9 Å². The van der Waals surface area contributed by atoms with Gasteiger partial charge in [0.05, 0.1) is 12.4 Å². The van der Waals surface area contributed by atoms with E-state index in [-0.39, 0.29) is 0 Å². The van der Waals surface area contributed by atoms with E-state index >= 15 is 0 Å². The molecule has 0 saturated carbocycles. The molecule has 1 aromatic heterocycles. The fourth-order valence-electron chi connectivity index (χ4n) is 1.73. The first-order valence-electron chi connectivity index (χ1n) is 5.73. The van der Waals surface area contributed by atoms with Crippen molar-refractivity contribution < 1.29 is 4.74 Å². The summed E-state index contributed by atoms with van der Waals surface area (Å²) in [7, 11) is 0. The highest BCUT2D eigenvalue weighted by Crippen LogP contribution is 2.26. The van der Waals surface area contributed by atoms with Gasteiger partial charge in [0.25, 0.3) is 0 Å². The molecule has 2 rings (SSSR count). The molecular formula is C13H17N3O. The first kappa shape index (κ1) is 11.7. The Bertz CT molecular complexity index is 505. The Hall–Kier alpha value is -1.81. The molecule has 0 saturated heterocycles. The summed E-state index contributed by atoms with van der Waals surface area (Å²) >= 11 is 0. The summed E-state index contributed by atoms with van der Waals surface area (Å²) in [5.41, 5.74) is 7.92. The highest BCUT2D eigenvalue weighted by Gasteiger charge is 2.07. The van der Waals surface area contributed by atoms with E-state index in [1.54, 1.807) is 6.20 Å². The van der Waals surface area contributed by atoms with Gasteiger partial charge in [0.1, 0.15) is 5.75 Å². The van der Waals surface area contributed by atoms with Gasteiger partial charge in [-0.25, -0.2) is 0 Å². The van der Waals surface area contributed by atoms with E-state index in [2.05, 4.69) is 5.10 Å². The van der Waals surface area contributed by atoms with E-state index in [9.17, 15) is 0 Å². The van der Waals surface area contributed by atoms with E-state index in [4.69, 9.17) is 10.5 Å². The van der Waals surface area contributed by atoms with Gasteiger partial charge in [-0.05, 0) is 25.5 Å². The molecule has 90 valence electrons. The van der Waals surface area contributed by atoms with Crippen molar-refractivity contribution in [3.63, 3.8) is 0 Å². The molecule has 0 radical (unpaired) electrons. The molecule has 0 amide bonds. The average molecular weight is 231 g/mol. The Morgan fingerprint density at radius 1 is 1.41 bits per heavy atom. The Morgan fingerprint density at radius 3 is 2.88 bits per heavy atom. The fraction of sp³-hybridized carbons (Fsp3) is 0.308. The normalized spacial score (nSPS) is 10.5. The number of hydrogen-bond acceptors (Lipinski definition) is 3. The third kappa shape index (κ3) is 2.47. The number of benzene rings is 1. The van der Waals surface area contributed by atoms with Crippen LogP contribution in [0.3, 0.4) is 0 Å². The highest BCUT2D eigenvalue weighted by atomic mass is 16.5. The molecule has 4 nitrogen and oxygen atoms in total. The second kappa shape index (κ2) is 5.01. The second-order valence-corrected chi connectivity index (χ2v) is 3.89. The van der Waals surface area contributed by atoms with Crippen LogP contribution in [0.5, 0.6) is 11.5 Å². The van der Waals surface area contributed by atoms with Gasteiger partial charge in [0.2, 0.25) is 0 Å². The van der Waals surface area contributed by atoms with Gasteiger partial charge in [0.15, 0.2) is 5.75 Å². The predicted octanol–water partition coefficient (Wildman–Crippen LogP) is 2.46. The van der Waals surface area contributed by atoms with E-state index < -0.39 is 0 Å². The van der Waals surface area contributed by atoms with Crippen LogP contribution in [0.1, 0.15) is 18.1 Å². The van der Waals surface area contributed by atoms with Gasteiger partial charge in [-0.15, -0.1) is 0 Å². The standard InChI is InChI=1S/C13H17N3O/c1-3-16-9-11(8-15-16)17-13-6-4-5-10(2)12(13)7-14/h4-6,8-9H,3,7,14H2,1-2H3. The molecular weight excluding hydrogens is 214 g/mol. The molecule has 0 aliphatic carbocycles. The van der Waals surface area contributed by atoms with Crippen molar-refractivity contribution in [2.24, 2.45) is 5.73 Å². The molecule has 0 spiro atoms. The van der Waals surface area contributed by atoms with Crippen molar-refractivity contribution in [2.75, 3.05) is 0 Å². The molecule has 4 heteroatoms. The number of nitrogens with zero attached hydrogens (tertiary/aromatic N) is 2. The predicted molar refractivity (Wildman–Crippen MR) is 67.0 cm³/mol. The van der Waals surface area contributed by atoms with E-state index in [0.29, 0.717) is 6.54 Å². The maximum absolute atomic E-state index is 5.80. The first-order chi connectivity index (χ1) is 8.24. The van der Waals surface area contributed by atoms with Gasteiger partial charge in [-0.2, -0.15) is 5.10 Å². The molecule has 0 unspecified atom stereocenters. The van der Waals surface area contributed by atoms with Gasteiger partial charge in [-0.3, -0.25) is 4.68 Å². The molecule has 0 atom stereocenters. The van der Waals surface area contributed by atoms with Crippen LogP contribution < -0.4 is 10.5 Å². The van der Waals surface area contributed by atoms with Crippen molar-refractivity contribution in [1.82, 2.24) is 9.78 Å². The van der Waals surface area contributed by atoms with E-state index in [1.807, 2.05) is 42.9 Å². The van der Waals surface area contributed by atoms with Gasteiger partial charge in [-0.1, -0.05) is 12.1 Å². The summed E-state index contributed by atoms with van der Waals surface area (Å²) in [6.07, 6.45) is 3.59. The largest absolute Gasteiger partial charge is 0.454 e. The number of ether oxygens (including phenoxy) is 1. The monoisotopic (exact) mass is 231 g/mol. The highest BCUT2D eigenvalue weighted by molar-refractivity contribution is 5.41. The first-order valence-corrected chi connectivity index (χ1v) is 5.73. The summed E-state index contributed by atoms with van der Waals surface area (Å²) in [6.45, 7) is 5.38. The Morgan fingerprint density at radius 2 is 2.24 bits per heavy atom. The van der Waals surface area contributed by atoms with Crippen LogP contribution in [0.2, 0.25) is 0 Å². The molecule has 17 heavy (non-hydrogen) atoms. The fourth-order valence-corrected chi connectivity index (χ4v) is 1.73.